The van der Waals surface area contributed by atoms with E-state index in [9.17, 15) is 0 Å². The minimum Gasteiger partial charge on any atom is -0.442 e. The summed E-state index contributed by atoms with van der Waals surface area (Å²) in [5, 5.41) is 3.30. The van der Waals surface area contributed by atoms with Crippen molar-refractivity contribution in [2.45, 2.75) is 19.9 Å². The molecule has 0 aliphatic heterocycles. The van der Waals surface area contributed by atoms with E-state index in [4.69, 9.17) is 10.2 Å². The van der Waals surface area contributed by atoms with Crippen molar-refractivity contribution in [3.05, 3.63) is 47.9 Å². The lowest BCUT2D eigenvalue weighted by molar-refractivity contribution is 0.567. The fourth-order valence-electron chi connectivity index (χ4n) is 2.13. The van der Waals surface area contributed by atoms with Crippen molar-refractivity contribution in [1.29, 1.82) is 0 Å². The second-order valence-electron chi connectivity index (χ2n) is 4.84. The predicted molar refractivity (Wildman–Crippen MR) is 79.4 cm³/mol. The van der Waals surface area contributed by atoms with E-state index in [1.54, 1.807) is 6.20 Å². The van der Waals surface area contributed by atoms with Crippen LogP contribution in [-0.2, 0) is 0 Å². The Morgan fingerprint density at radius 1 is 1.30 bits per heavy atom. The Bertz CT molecular complexity index is 750. The highest BCUT2D eigenvalue weighted by atomic mass is 16.3. The van der Waals surface area contributed by atoms with E-state index in [-0.39, 0.29) is 6.04 Å². The monoisotopic (exact) mass is 268 g/mol. The lowest BCUT2D eigenvalue weighted by atomic mass is 10.1. The van der Waals surface area contributed by atoms with Crippen LogP contribution in [0.2, 0.25) is 0 Å². The molecule has 0 unspecified atom stereocenters. The molecule has 102 valence electrons. The Morgan fingerprint density at radius 3 is 2.95 bits per heavy atom. The Morgan fingerprint density at radius 2 is 2.15 bits per heavy atom. The van der Waals surface area contributed by atoms with Crippen LogP contribution in [0.15, 0.2) is 40.9 Å². The first-order valence-electron chi connectivity index (χ1n) is 6.47. The Kier molecular flexibility index (Phi) is 3.02. The van der Waals surface area contributed by atoms with Crippen LogP contribution >= 0.6 is 0 Å². The molecule has 3 N–H and O–H groups in total. The molecule has 3 rings (SSSR count). The van der Waals surface area contributed by atoms with Crippen LogP contribution in [0, 0.1) is 6.92 Å². The van der Waals surface area contributed by atoms with Gasteiger partial charge >= 0.3 is 0 Å². The Labute approximate surface area is 116 Å². The average Bonchev–Trinajstić information content (AvgIpc) is 2.78. The van der Waals surface area contributed by atoms with Gasteiger partial charge in [0, 0.05) is 11.8 Å². The number of anilines is 2. The summed E-state index contributed by atoms with van der Waals surface area (Å²) in [7, 11) is 0. The lowest BCUT2D eigenvalue weighted by Gasteiger charge is -2.14. The third kappa shape index (κ3) is 2.42. The normalized spacial score (nSPS) is 12.5. The summed E-state index contributed by atoms with van der Waals surface area (Å²) in [6.07, 6.45) is 1.71. The molecular weight excluding hydrogens is 252 g/mol. The fourth-order valence-corrected chi connectivity index (χ4v) is 2.13. The largest absolute Gasteiger partial charge is 0.442 e. The molecule has 0 aliphatic carbocycles. The molecule has 0 fully saturated rings. The number of hydrogen-bond donors (Lipinski definition) is 2. The fraction of sp³-hybridized carbons (Fsp3) is 0.200. The molecule has 2 aromatic heterocycles. The minimum atomic E-state index is 0.0845. The standard InChI is InChI=1S/C15H16N4O/c1-9-6-13-15(20-9)19-14(8-17-13)18-10(2)11-4-3-5-12(16)7-11/h3-8,10H,16H2,1-2H3,(H,18,19)/t10-/m0/s1. The first-order valence-corrected chi connectivity index (χ1v) is 6.47. The van der Waals surface area contributed by atoms with E-state index in [1.807, 2.05) is 44.2 Å². The molecule has 0 amide bonds. The number of fused-ring (bicyclic) bond motifs is 1. The van der Waals surface area contributed by atoms with Gasteiger partial charge in [-0.25, -0.2) is 4.98 Å². The maximum atomic E-state index is 5.80. The summed E-state index contributed by atoms with van der Waals surface area (Å²) < 4.78 is 5.48. The smallest absolute Gasteiger partial charge is 0.247 e. The maximum Gasteiger partial charge on any atom is 0.247 e. The van der Waals surface area contributed by atoms with Crippen LogP contribution in [0.25, 0.3) is 11.2 Å². The van der Waals surface area contributed by atoms with Gasteiger partial charge in [0.05, 0.1) is 12.2 Å². The van der Waals surface area contributed by atoms with Gasteiger partial charge in [0.15, 0.2) is 0 Å². The molecule has 3 aromatic rings. The topological polar surface area (TPSA) is 77.0 Å². The van der Waals surface area contributed by atoms with Crippen LogP contribution in [0.5, 0.6) is 0 Å². The van der Waals surface area contributed by atoms with Gasteiger partial charge in [-0.15, -0.1) is 0 Å². The van der Waals surface area contributed by atoms with Gasteiger partial charge < -0.3 is 15.5 Å². The van der Waals surface area contributed by atoms with Crippen molar-refractivity contribution in [3.8, 4) is 0 Å². The number of benzene rings is 1. The number of hydrogen-bond acceptors (Lipinski definition) is 5. The zero-order valence-electron chi connectivity index (χ0n) is 11.4. The van der Waals surface area contributed by atoms with E-state index < -0.39 is 0 Å². The Balaban J connectivity index is 1.85. The van der Waals surface area contributed by atoms with E-state index in [0.29, 0.717) is 11.5 Å². The molecule has 5 heteroatoms. The van der Waals surface area contributed by atoms with Gasteiger partial charge in [0.25, 0.3) is 0 Å². The van der Waals surface area contributed by atoms with E-state index in [2.05, 4.69) is 15.3 Å². The number of aryl methyl sites for hydroxylation is 1. The van der Waals surface area contributed by atoms with Crippen molar-refractivity contribution in [3.63, 3.8) is 0 Å². The summed E-state index contributed by atoms with van der Waals surface area (Å²) in [5.41, 5.74) is 8.96. The number of nitrogens with two attached hydrogens (primary N) is 1. The first-order chi connectivity index (χ1) is 9.61. The zero-order valence-corrected chi connectivity index (χ0v) is 11.4. The molecule has 2 heterocycles. The minimum absolute atomic E-state index is 0.0845. The van der Waals surface area contributed by atoms with Crippen molar-refractivity contribution in [1.82, 2.24) is 9.97 Å². The second kappa shape index (κ2) is 4.85. The van der Waals surface area contributed by atoms with Gasteiger partial charge in [0.1, 0.15) is 17.1 Å². The van der Waals surface area contributed by atoms with E-state index in [0.717, 1.165) is 22.5 Å². The average molecular weight is 268 g/mol. The molecule has 1 atom stereocenters. The molecular formula is C15H16N4O. The maximum absolute atomic E-state index is 5.80. The van der Waals surface area contributed by atoms with Gasteiger partial charge in [-0.2, -0.15) is 4.98 Å². The van der Waals surface area contributed by atoms with Crippen LogP contribution in [0.1, 0.15) is 24.3 Å². The van der Waals surface area contributed by atoms with Crippen LogP contribution in [0.3, 0.4) is 0 Å². The van der Waals surface area contributed by atoms with Gasteiger partial charge in [-0.05, 0) is 31.5 Å². The number of rotatable bonds is 3. The third-order valence-electron chi connectivity index (χ3n) is 3.14. The number of aromatic nitrogens is 2. The molecule has 0 saturated heterocycles. The zero-order chi connectivity index (χ0) is 14.1. The van der Waals surface area contributed by atoms with Crippen LogP contribution < -0.4 is 11.1 Å². The summed E-state index contributed by atoms with van der Waals surface area (Å²) in [6.45, 7) is 3.93. The molecule has 20 heavy (non-hydrogen) atoms. The van der Waals surface area contributed by atoms with Crippen LogP contribution in [0.4, 0.5) is 11.5 Å². The number of nitrogens with one attached hydrogen (secondary N) is 1. The van der Waals surface area contributed by atoms with Gasteiger partial charge in [-0.1, -0.05) is 12.1 Å². The molecule has 0 aliphatic rings. The van der Waals surface area contributed by atoms with Crippen molar-refractivity contribution in [2.24, 2.45) is 0 Å². The summed E-state index contributed by atoms with van der Waals surface area (Å²) in [5.74, 6) is 1.49. The van der Waals surface area contributed by atoms with Crippen LogP contribution in [-0.4, -0.2) is 9.97 Å². The summed E-state index contributed by atoms with van der Waals surface area (Å²) in [6, 6.07) is 9.73. The van der Waals surface area contributed by atoms with Gasteiger partial charge in [-0.3, -0.25) is 0 Å². The Hall–Kier alpha value is -2.56. The molecule has 0 bridgehead atoms. The molecule has 5 nitrogen and oxygen atoms in total. The molecule has 1 aromatic carbocycles. The predicted octanol–water partition coefficient (Wildman–Crippen LogP) is 3.29. The molecule has 0 spiro atoms. The summed E-state index contributed by atoms with van der Waals surface area (Å²) in [4.78, 5) is 8.74. The number of nitrogens with zero attached hydrogens (tertiary/aromatic N) is 2. The van der Waals surface area contributed by atoms with Crippen molar-refractivity contribution < 1.29 is 4.42 Å². The van der Waals surface area contributed by atoms with E-state index in [1.165, 1.54) is 0 Å². The number of furan rings is 1. The van der Waals surface area contributed by atoms with Gasteiger partial charge in [0.2, 0.25) is 5.71 Å². The lowest BCUT2D eigenvalue weighted by Crippen LogP contribution is -2.08. The highest BCUT2D eigenvalue weighted by Gasteiger charge is 2.09. The summed E-state index contributed by atoms with van der Waals surface area (Å²) >= 11 is 0. The second-order valence-corrected chi connectivity index (χ2v) is 4.84. The number of nitrogen functional groups attached to an aromatic ring is 1. The quantitative estimate of drug-likeness (QED) is 0.713. The van der Waals surface area contributed by atoms with Crippen molar-refractivity contribution in [2.75, 3.05) is 11.1 Å². The highest BCUT2D eigenvalue weighted by molar-refractivity contribution is 5.70. The highest BCUT2D eigenvalue weighted by Crippen LogP contribution is 2.21. The van der Waals surface area contributed by atoms with E-state index >= 15 is 0 Å². The van der Waals surface area contributed by atoms with Crippen molar-refractivity contribution >= 4 is 22.7 Å². The first kappa shape index (κ1) is 12.5. The molecule has 0 saturated carbocycles. The SMILES string of the molecule is Cc1cc2ncc(N[C@@H](C)c3cccc(N)c3)nc2o1. The third-order valence-corrected chi connectivity index (χ3v) is 3.14. The molecule has 0 radical (unpaired) electrons.